The predicted molar refractivity (Wildman–Crippen MR) is 148 cm³/mol. The van der Waals surface area contributed by atoms with E-state index >= 15 is 0 Å². The third-order valence-corrected chi connectivity index (χ3v) is 8.59. The fourth-order valence-electron chi connectivity index (χ4n) is 6.24. The summed E-state index contributed by atoms with van der Waals surface area (Å²) in [5, 5.41) is 1.10. The van der Waals surface area contributed by atoms with Gasteiger partial charge in [-0.25, -0.2) is 4.39 Å². The number of fused-ring (bicyclic) bond motifs is 1. The highest BCUT2D eigenvalue weighted by atomic mass is 19.2. The highest BCUT2D eigenvalue weighted by Crippen LogP contribution is 2.33. The number of nitrogens with zero attached hydrogens (tertiary/aromatic N) is 4. The van der Waals surface area contributed by atoms with E-state index in [4.69, 9.17) is 0 Å². The van der Waals surface area contributed by atoms with Crippen LogP contribution in [0.3, 0.4) is 0 Å². The van der Waals surface area contributed by atoms with E-state index in [9.17, 15) is 18.5 Å². The van der Waals surface area contributed by atoms with Crippen LogP contribution in [0.15, 0.2) is 48.7 Å². The van der Waals surface area contributed by atoms with Crippen LogP contribution < -0.4 is 0 Å². The molecule has 6 nitrogen and oxygen atoms in total. The van der Waals surface area contributed by atoms with Gasteiger partial charge >= 0.3 is 0 Å². The minimum Gasteiger partial charge on any atom is -0.347 e. The summed E-state index contributed by atoms with van der Waals surface area (Å²) in [6, 6.07) is 13.2. The normalized spacial score (nSPS) is 19.0. The van der Waals surface area contributed by atoms with E-state index in [1.807, 2.05) is 29.3 Å². The lowest BCUT2D eigenvalue weighted by molar-refractivity contribution is -0.145. The average molecular weight is 537 g/mol. The van der Waals surface area contributed by atoms with Crippen LogP contribution in [-0.2, 0) is 17.9 Å². The molecule has 0 bridgehead atoms. The van der Waals surface area contributed by atoms with Gasteiger partial charge < -0.3 is 14.4 Å². The Morgan fingerprint density at radius 1 is 1.03 bits per heavy atom. The fourth-order valence-corrected chi connectivity index (χ4v) is 6.24. The van der Waals surface area contributed by atoms with Crippen LogP contribution >= 0.6 is 0 Å². The molecule has 0 spiro atoms. The largest absolute Gasteiger partial charge is 0.347 e. The van der Waals surface area contributed by atoms with Crippen molar-refractivity contribution in [3.8, 4) is 0 Å². The van der Waals surface area contributed by atoms with E-state index in [1.165, 1.54) is 31.4 Å². The van der Waals surface area contributed by atoms with Crippen molar-refractivity contribution >= 4 is 22.7 Å². The zero-order valence-electron chi connectivity index (χ0n) is 22.9. The molecule has 8 heteroatoms. The first kappa shape index (κ1) is 27.3. The lowest BCUT2D eigenvalue weighted by atomic mass is 9.88. The number of benzene rings is 2. The topological polar surface area (TPSA) is 48.8 Å². The Labute approximate surface area is 229 Å². The molecule has 0 saturated carbocycles. The lowest BCUT2D eigenvalue weighted by Gasteiger charge is -2.32. The number of halogens is 2. The molecule has 0 N–H and O–H groups in total. The van der Waals surface area contributed by atoms with Gasteiger partial charge in [0.15, 0.2) is 0 Å². The second kappa shape index (κ2) is 11.9. The summed E-state index contributed by atoms with van der Waals surface area (Å²) in [6.45, 7) is 4.04. The average Bonchev–Trinajstić information content (AvgIpc) is 3.32. The van der Waals surface area contributed by atoms with Crippen LogP contribution in [0.2, 0.25) is 0 Å². The number of carbonyl (C=O) groups excluding carboxylic acids is 2. The smallest absolute Gasteiger partial charge is 0.256 e. The molecule has 1 aromatic heterocycles. The van der Waals surface area contributed by atoms with Crippen molar-refractivity contribution in [3.63, 3.8) is 0 Å². The molecule has 3 heterocycles. The fraction of sp³-hybridized carbons (Fsp3) is 0.484. The van der Waals surface area contributed by atoms with E-state index in [1.54, 1.807) is 6.07 Å². The van der Waals surface area contributed by atoms with Gasteiger partial charge in [-0.1, -0.05) is 41.2 Å². The lowest BCUT2D eigenvalue weighted by Crippen LogP contribution is -2.38. The summed E-state index contributed by atoms with van der Waals surface area (Å²) < 4.78 is 30.8. The molecule has 2 amide bonds. The van der Waals surface area contributed by atoms with Gasteiger partial charge in [0.25, 0.3) is 5.91 Å². The molecular weight excluding hydrogens is 498 g/mol. The molecule has 5 rings (SSSR count). The molecule has 2 aliphatic rings. The number of aryl methyl sites for hydroxylation is 1. The Balaban J connectivity index is 1.27. The van der Waals surface area contributed by atoms with Gasteiger partial charge in [-0.3, -0.25) is 9.59 Å². The number of hydrogen-bond donors (Lipinski definition) is 0. The van der Waals surface area contributed by atoms with Crippen molar-refractivity contribution in [2.24, 2.45) is 0 Å². The summed E-state index contributed by atoms with van der Waals surface area (Å²) >= 11 is 0. The van der Waals surface area contributed by atoms with Gasteiger partial charge in [-0.2, -0.15) is 5.12 Å². The van der Waals surface area contributed by atoms with Crippen LogP contribution in [0.4, 0.5) is 8.87 Å². The van der Waals surface area contributed by atoms with E-state index < -0.39 is 5.91 Å². The first-order valence-corrected chi connectivity index (χ1v) is 14.1. The van der Waals surface area contributed by atoms with Gasteiger partial charge in [0.1, 0.15) is 5.82 Å². The molecule has 1 atom stereocenters. The summed E-state index contributed by atoms with van der Waals surface area (Å²) in [5.74, 6) is -1.06. The SMILES string of the molecule is CC(=O)N(F)Cc1ccc(F)c(C2CCN(C(=O)c3cn(CCC4CCCCN4C)c4ccccc34)CC2)c1. The number of amides is 2. The maximum absolute atomic E-state index is 14.7. The summed E-state index contributed by atoms with van der Waals surface area (Å²) in [7, 11) is 2.21. The number of piperidine rings is 2. The number of likely N-dealkylation sites (tertiary alicyclic amines) is 2. The van der Waals surface area contributed by atoms with Crippen molar-refractivity contribution in [3.05, 3.63) is 71.2 Å². The first-order chi connectivity index (χ1) is 18.8. The van der Waals surface area contributed by atoms with Gasteiger partial charge in [0.05, 0.1) is 12.1 Å². The molecule has 3 aromatic rings. The highest BCUT2D eigenvalue weighted by molar-refractivity contribution is 6.07. The highest BCUT2D eigenvalue weighted by Gasteiger charge is 2.28. The van der Waals surface area contributed by atoms with Gasteiger partial charge in [0, 0.05) is 49.7 Å². The van der Waals surface area contributed by atoms with Crippen molar-refractivity contribution in [1.29, 1.82) is 0 Å². The van der Waals surface area contributed by atoms with Crippen molar-refractivity contribution in [2.45, 2.75) is 70.5 Å². The van der Waals surface area contributed by atoms with E-state index in [0.29, 0.717) is 43.1 Å². The Morgan fingerprint density at radius 3 is 2.54 bits per heavy atom. The Hall–Kier alpha value is -3.26. The predicted octanol–water partition coefficient (Wildman–Crippen LogP) is 5.91. The summed E-state index contributed by atoms with van der Waals surface area (Å²) in [5.41, 5.74) is 2.89. The van der Waals surface area contributed by atoms with Gasteiger partial charge in [-0.15, -0.1) is 0 Å². The number of aromatic nitrogens is 1. The van der Waals surface area contributed by atoms with Crippen LogP contribution in [0.1, 0.15) is 72.9 Å². The first-order valence-electron chi connectivity index (χ1n) is 14.1. The minimum absolute atomic E-state index is 0.0157. The zero-order valence-corrected chi connectivity index (χ0v) is 22.9. The molecule has 2 aliphatic heterocycles. The molecule has 2 saturated heterocycles. The van der Waals surface area contributed by atoms with Gasteiger partial charge in [0.2, 0.25) is 5.91 Å². The number of para-hydroxylation sites is 1. The quantitative estimate of drug-likeness (QED) is 0.353. The Bertz CT molecular complexity index is 1330. The van der Waals surface area contributed by atoms with Gasteiger partial charge in [-0.05, 0) is 74.9 Å². The second-order valence-electron chi connectivity index (χ2n) is 11.1. The number of carbonyl (C=O) groups is 2. The molecule has 208 valence electrons. The van der Waals surface area contributed by atoms with Crippen LogP contribution in [-0.4, -0.2) is 64.0 Å². The zero-order chi connectivity index (χ0) is 27.5. The van der Waals surface area contributed by atoms with Crippen LogP contribution in [0.5, 0.6) is 0 Å². The third-order valence-electron chi connectivity index (χ3n) is 8.59. The van der Waals surface area contributed by atoms with Crippen LogP contribution in [0.25, 0.3) is 10.9 Å². The molecule has 2 aromatic carbocycles. The summed E-state index contributed by atoms with van der Waals surface area (Å²) in [4.78, 5) is 29.3. The molecule has 0 aliphatic carbocycles. The van der Waals surface area contributed by atoms with Crippen LogP contribution in [0, 0.1) is 5.82 Å². The number of hydrogen-bond acceptors (Lipinski definition) is 3. The molecule has 2 fully saturated rings. The maximum Gasteiger partial charge on any atom is 0.256 e. The van der Waals surface area contributed by atoms with Crippen molar-refractivity contribution in [1.82, 2.24) is 19.5 Å². The maximum atomic E-state index is 14.7. The Morgan fingerprint density at radius 2 is 1.79 bits per heavy atom. The minimum atomic E-state index is -0.685. The monoisotopic (exact) mass is 536 g/mol. The van der Waals surface area contributed by atoms with E-state index in [0.717, 1.165) is 42.9 Å². The van der Waals surface area contributed by atoms with E-state index in [2.05, 4.69) is 22.6 Å². The van der Waals surface area contributed by atoms with Crippen molar-refractivity contribution in [2.75, 3.05) is 26.7 Å². The Kier molecular flexibility index (Phi) is 8.31. The molecule has 1 unspecified atom stereocenters. The molecular formula is C31H38F2N4O2. The second-order valence-corrected chi connectivity index (χ2v) is 11.1. The third kappa shape index (κ3) is 6.01. The molecule has 0 radical (unpaired) electrons. The standard InChI is InChI=1S/C31H38F2N4O2/c1-22(38)37(33)20-23-10-11-29(32)27(19-23)24-12-16-35(17-13-24)31(39)28-21-36(30-9-4-3-8-26(28)30)18-14-25-7-5-6-15-34(25)2/h3-4,8-11,19,21,24-25H,5-7,12-18,20H2,1-2H3. The van der Waals surface area contributed by atoms with Crippen molar-refractivity contribution < 1.29 is 18.5 Å². The van der Waals surface area contributed by atoms with E-state index in [-0.39, 0.29) is 29.3 Å². The summed E-state index contributed by atoms with van der Waals surface area (Å²) in [6.07, 6.45) is 8.11. The number of rotatable bonds is 7. The molecule has 39 heavy (non-hydrogen) atoms.